The zero-order valence-electron chi connectivity index (χ0n) is 40.6. The van der Waals surface area contributed by atoms with Gasteiger partial charge in [0.2, 0.25) is 53.5 Å². The highest BCUT2D eigenvalue weighted by Crippen LogP contribution is 2.65. The molecule has 0 aromatic heterocycles. The molecule has 3 saturated carbocycles. The third-order valence-electron chi connectivity index (χ3n) is 18.0. The molecule has 3 spiro atoms. The minimum atomic E-state index is -4.93. The topological polar surface area (TPSA) is 165 Å². The van der Waals surface area contributed by atoms with Crippen LogP contribution < -0.4 is 0 Å². The second kappa shape index (κ2) is 17.9. The van der Waals surface area contributed by atoms with Gasteiger partial charge in [-0.2, -0.15) is 39.5 Å². The van der Waals surface area contributed by atoms with Gasteiger partial charge in [-0.15, -0.1) is 0 Å². The van der Waals surface area contributed by atoms with Crippen molar-refractivity contribution in [2.75, 3.05) is 5.33 Å². The molecule has 3 aliphatic carbocycles. The summed E-state index contributed by atoms with van der Waals surface area (Å²) in [5, 5.41) is 9.59. The van der Waals surface area contributed by atoms with Crippen molar-refractivity contribution in [1.82, 2.24) is 0 Å². The standard InChI is InChI=1S/C16H20BrF3O4.C16H19F3O6.C16H19F3O5/c1-8-3-4-11-9(7-17)12(16(18,19)20)21-13-15(11)10(8)5-6-14(2,22-13)23-24-15;1-7-3-4-9-10(12(20)21)11(16(17,18)19)22-13-15(9)8(7)5-6-14(2,23-13)24-25-15;1-8-3-4-11-9(7-20)12(16(17,18)19)21-13-15(11)10(8)5-6-14(2,22-13)23-24-15/h8,10-11,13H,3-7H2,1-2H3;7-9,13H,3-6H2,1-2H3,(H,20,21);7-8,10-11,13H,3-6H2,1-2H3/t8-,10?,11+,13-,14-,15-;7-,8?,9+,13-,14-,15-;8-,10?,11+,13-,14-,15-/m111/s1. The number of carbonyl (C=O) groups excluding carboxylic acids is 1. The number of alkyl halides is 10. The fourth-order valence-corrected chi connectivity index (χ4v) is 15.2. The predicted molar refractivity (Wildman–Crippen MR) is 228 cm³/mol. The van der Waals surface area contributed by atoms with E-state index in [4.69, 9.17) is 57.7 Å². The maximum atomic E-state index is 13.5. The van der Waals surface area contributed by atoms with Crippen molar-refractivity contribution in [3.63, 3.8) is 0 Å². The maximum absolute atomic E-state index is 13.5. The van der Waals surface area contributed by atoms with Gasteiger partial charge in [-0.3, -0.25) is 4.79 Å². The molecule has 410 valence electrons. The van der Waals surface area contributed by atoms with Gasteiger partial charge in [0.25, 0.3) is 0 Å². The molecule has 0 aromatic carbocycles. The largest absolute Gasteiger partial charge is 0.478 e. The Balaban J connectivity index is 0.000000126. The monoisotopic (exact) mass is 1120 g/mol. The van der Waals surface area contributed by atoms with E-state index in [0.717, 1.165) is 12.8 Å². The average molecular weight is 1130 g/mol. The first kappa shape index (κ1) is 53.6. The van der Waals surface area contributed by atoms with Crippen LogP contribution in [0.5, 0.6) is 0 Å². The van der Waals surface area contributed by atoms with Crippen molar-refractivity contribution in [2.24, 2.45) is 53.3 Å². The summed E-state index contributed by atoms with van der Waals surface area (Å²) in [5.74, 6) is -10.6. The van der Waals surface area contributed by atoms with E-state index in [9.17, 15) is 54.2 Å². The fourth-order valence-electron chi connectivity index (χ4n) is 14.6. The fraction of sp³-hybridized carbons (Fsp3) is 0.833. The molecule has 12 aliphatic heterocycles. The van der Waals surface area contributed by atoms with Crippen LogP contribution in [0, 0.1) is 53.3 Å². The van der Waals surface area contributed by atoms with Crippen LogP contribution in [0.15, 0.2) is 34.0 Å². The summed E-state index contributed by atoms with van der Waals surface area (Å²) in [5.41, 5.74) is -4.58. The molecule has 6 bridgehead atoms. The summed E-state index contributed by atoms with van der Waals surface area (Å²) in [6, 6.07) is 0. The number of rotatable bonds is 3. The van der Waals surface area contributed by atoms with Crippen LogP contribution >= 0.6 is 15.9 Å². The second-order valence-electron chi connectivity index (χ2n) is 22.4. The van der Waals surface area contributed by atoms with Crippen LogP contribution in [0.3, 0.4) is 0 Å². The lowest BCUT2D eigenvalue weighted by Crippen LogP contribution is -2.67. The van der Waals surface area contributed by atoms with Gasteiger partial charge in [0.15, 0.2) is 16.8 Å². The molecular weight excluding hydrogens is 1070 g/mol. The molecule has 25 heteroatoms. The van der Waals surface area contributed by atoms with E-state index >= 15 is 0 Å². The summed E-state index contributed by atoms with van der Waals surface area (Å²) in [4.78, 5) is 56.8. The predicted octanol–water partition coefficient (Wildman–Crippen LogP) is 10.8. The van der Waals surface area contributed by atoms with E-state index in [1.54, 1.807) is 20.8 Å². The number of carbonyl (C=O) groups is 2. The summed E-state index contributed by atoms with van der Waals surface area (Å²) in [7, 11) is 0. The normalized spacial score (nSPS) is 47.3. The molecular formula is C48H58BrF9O15. The van der Waals surface area contributed by atoms with Crippen LogP contribution in [0.1, 0.15) is 119 Å². The number of halogens is 10. The van der Waals surface area contributed by atoms with Crippen molar-refractivity contribution in [1.29, 1.82) is 0 Å². The van der Waals surface area contributed by atoms with Crippen LogP contribution in [0.25, 0.3) is 0 Å². The lowest BCUT2D eigenvalue weighted by Gasteiger charge is -2.57. The summed E-state index contributed by atoms with van der Waals surface area (Å²) < 4.78 is 154. The van der Waals surface area contributed by atoms with E-state index in [1.807, 2.05) is 13.8 Å². The molecule has 3 unspecified atom stereocenters. The first-order chi connectivity index (χ1) is 34.0. The number of allylic oxidation sites excluding steroid dienone is 3. The third kappa shape index (κ3) is 8.30. The minimum absolute atomic E-state index is 0.0365. The van der Waals surface area contributed by atoms with E-state index in [2.05, 4.69) is 22.9 Å². The SMILES string of the molecule is C[C@@H]1CC[C@H]2C(C(=O)O)=C(C(F)(F)F)O[C@@H]3O[C@@]4(C)CCC1[C@]32OO4.C[C@@H]1CC[C@H]2C(C=O)=C(C(F)(F)F)O[C@@H]3O[C@@]4(C)CCC1[C@]32OO4.C[C@@H]1CC[C@H]2C(CBr)=C(C(F)(F)F)O[C@@H]3O[C@@]4(C)CCC1[C@]32OO4. The van der Waals surface area contributed by atoms with E-state index in [-0.39, 0.29) is 53.2 Å². The molecule has 1 N–H and O–H groups in total. The molecule has 0 amide bonds. The summed E-state index contributed by atoms with van der Waals surface area (Å²) in [6.07, 6.45) is -10.7. The number of fused-ring (bicyclic) bond motifs is 6. The zero-order chi connectivity index (χ0) is 52.9. The Morgan fingerprint density at radius 1 is 0.548 bits per heavy atom. The Hall–Kier alpha value is -2.75. The number of ether oxygens (including phenoxy) is 6. The number of hydrogen-bond donors (Lipinski definition) is 1. The van der Waals surface area contributed by atoms with Crippen molar-refractivity contribution in [3.8, 4) is 0 Å². The molecule has 9 saturated heterocycles. The van der Waals surface area contributed by atoms with Gasteiger partial charge < -0.3 is 33.5 Å². The van der Waals surface area contributed by atoms with Crippen molar-refractivity contribution in [3.05, 3.63) is 34.0 Å². The molecule has 18 atom stereocenters. The molecule has 0 aromatic rings. The lowest BCUT2D eigenvalue weighted by atomic mass is 9.59. The van der Waals surface area contributed by atoms with Crippen LogP contribution in [0.4, 0.5) is 39.5 Å². The van der Waals surface area contributed by atoms with E-state index in [0.29, 0.717) is 63.7 Å². The van der Waals surface area contributed by atoms with Crippen LogP contribution in [-0.4, -0.2) is 94.3 Å². The Kier molecular flexibility index (Phi) is 13.2. The number of aliphatic carboxylic acids is 1. The molecule has 15 rings (SSSR count). The zero-order valence-corrected chi connectivity index (χ0v) is 42.2. The molecule has 73 heavy (non-hydrogen) atoms. The van der Waals surface area contributed by atoms with Gasteiger partial charge in [-0.1, -0.05) is 36.7 Å². The quantitative estimate of drug-likeness (QED) is 0.123. The van der Waals surface area contributed by atoms with E-state index < -0.39 is 124 Å². The molecule has 15 aliphatic rings. The van der Waals surface area contributed by atoms with Crippen LogP contribution in [0.2, 0.25) is 0 Å². The minimum Gasteiger partial charge on any atom is -0.478 e. The Morgan fingerprint density at radius 3 is 1.29 bits per heavy atom. The van der Waals surface area contributed by atoms with Gasteiger partial charge in [-0.25, -0.2) is 34.1 Å². The molecule has 0 radical (unpaired) electrons. The number of hydrogen-bond acceptors (Lipinski definition) is 14. The van der Waals surface area contributed by atoms with Gasteiger partial charge in [0, 0.05) is 65.7 Å². The lowest BCUT2D eigenvalue weighted by molar-refractivity contribution is -0.557. The average Bonchev–Trinajstić information content (AvgIpc) is 3.79. The highest BCUT2D eigenvalue weighted by atomic mass is 79.9. The molecule has 12 heterocycles. The van der Waals surface area contributed by atoms with Gasteiger partial charge in [0.05, 0.1) is 5.57 Å². The molecule has 12 fully saturated rings. The Labute approximate surface area is 421 Å². The van der Waals surface area contributed by atoms with Crippen molar-refractivity contribution in [2.45, 2.75) is 190 Å². The second-order valence-corrected chi connectivity index (χ2v) is 22.9. The Bertz CT molecular complexity index is 2330. The van der Waals surface area contributed by atoms with Gasteiger partial charge >= 0.3 is 24.5 Å². The smallest absolute Gasteiger partial charge is 0.449 e. The molecule has 15 nitrogen and oxygen atoms in total. The number of aldehydes is 1. The first-order valence-electron chi connectivity index (χ1n) is 24.8. The highest BCUT2D eigenvalue weighted by Gasteiger charge is 2.74. The van der Waals surface area contributed by atoms with Gasteiger partial charge in [0.1, 0.15) is 6.29 Å². The Morgan fingerprint density at radius 2 is 0.904 bits per heavy atom. The van der Waals surface area contributed by atoms with Crippen LogP contribution in [-0.2, 0) is 67.3 Å². The summed E-state index contributed by atoms with van der Waals surface area (Å²) >= 11 is 3.22. The van der Waals surface area contributed by atoms with Crippen molar-refractivity contribution < 1.29 is 112 Å². The number of carboxylic acid groups (broad SMARTS) is 1. The summed E-state index contributed by atoms with van der Waals surface area (Å²) in [6.45, 7) is 11.1. The van der Waals surface area contributed by atoms with E-state index in [1.165, 1.54) is 0 Å². The highest BCUT2D eigenvalue weighted by molar-refractivity contribution is 9.09. The van der Waals surface area contributed by atoms with Gasteiger partial charge in [-0.05, 0) is 102 Å². The third-order valence-corrected chi connectivity index (χ3v) is 18.7. The van der Waals surface area contributed by atoms with Crippen molar-refractivity contribution >= 4 is 28.2 Å². The first-order valence-corrected chi connectivity index (χ1v) is 25.9. The number of carboxylic acids is 1. The maximum Gasteiger partial charge on any atom is 0.449 e.